The zero-order valence-electron chi connectivity index (χ0n) is 30.4. The fraction of sp³-hybridized carbons (Fsp3) is 0.0189. The summed E-state index contributed by atoms with van der Waals surface area (Å²) in [6.07, 6.45) is 0. The van der Waals surface area contributed by atoms with Crippen LogP contribution in [0.5, 0.6) is 0 Å². The van der Waals surface area contributed by atoms with Crippen molar-refractivity contribution >= 4 is 11.8 Å². The van der Waals surface area contributed by atoms with E-state index in [1.807, 2.05) is 36.0 Å². The van der Waals surface area contributed by atoms with Gasteiger partial charge >= 0.3 is 0 Å². The molecule has 262 valence electrons. The number of fused-ring (bicyclic) bond motifs is 9. The van der Waals surface area contributed by atoms with Crippen molar-refractivity contribution in [3.63, 3.8) is 0 Å². The van der Waals surface area contributed by atoms with Crippen molar-refractivity contribution in [2.45, 2.75) is 15.2 Å². The van der Waals surface area contributed by atoms with Crippen LogP contribution in [0.4, 0.5) is 0 Å². The summed E-state index contributed by atoms with van der Waals surface area (Å²) in [6.45, 7) is 0. The Labute approximate surface area is 331 Å². The molecule has 0 fully saturated rings. The monoisotopic (exact) mass is 730 g/mol. The van der Waals surface area contributed by atoms with Gasteiger partial charge in [0.15, 0.2) is 5.82 Å². The van der Waals surface area contributed by atoms with E-state index in [9.17, 15) is 0 Å². The number of benzene rings is 8. The molecule has 0 radical (unpaired) electrons. The number of aromatic nitrogens is 2. The Morgan fingerprint density at radius 2 is 0.804 bits per heavy atom. The molecule has 56 heavy (non-hydrogen) atoms. The molecule has 0 saturated heterocycles. The first-order valence-electron chi connectivity index (χ1n) is 19.1. The topological polar surface area (TPSA) is 25.8 Å². The highest BCUT2D eigenvalue weighted by Crippen LogP contribution is 2.62. The largest absolute Gasteiger partial charge is 0.228 e. The van der Waals surface area contributed by atoms with Crippen LogP contribution in [0.3, 0.4) is 0 Å². The zero-order valence-corrected chi connectivity index (χ0v) is 31.2. The summed E-state index contributed by atoms with van der Waals surface area (Å²) >= 11 is 1.88. The predicted octanol–water partition coefficient (Wildman–Crippen LogP) is 13.6. The summed E-state index contributed by atoms with van der Waals surface area (Å²) in [5, 5.41) is 0. The van der Waals surface area contributed by atoms with Gasteiger partial charge in [-0.25, -0.2) is 9.97 Å². The molecule has 0 atom stereocenters. The molecule has 1 aromatic heterocycles. The lowest BCUT2D eigenvalue weighted by Crippen LogP contribution is -2.32. The van der Waals surface area contributed by atoms with Crippen molar-refractivity contribution in [3.05, 3.63) is 229 Å². The van der Waals surface area contributed by atoms with E-state index in [-0.39, 0.29) is 0 Å². The van der Waals surface area contributed by atoms with Gasteiger partial charge in [0.25, 0.3) is 0 Å². The molecule has 9 aromatic rings. The minimum Gasteiger partial charge on any atom is -0.228 e. The summed E-state index contributed by atoms with van der Waals surface area (Å²) in [5.74, 6) is 0.714. The van der Waals surface area contributed by atoms with Crippen LogP contribution in [0.25, 0.3) is 67.3 Å². The predicted molar refractivity (Wildman–Crippen MR) is 231 cm³/mol. The first kappa shape index (κ1) is 32.6. The van der Waals surface area contributed by atoms with E-state index in [4.69, 9.17) is 9.97 Å². The van der Waals surface area contributed by atoms with Crippen molar-refractivity contribution in [3.8, 4) is 67.3 Å². The summed E-state index contributed by atoms with van der Waals surface area (Å²) in [7, 11) is 0. The average Bonchev–Trinajstić information content (AvgIpc) is 3.57. The van der Waals surface area contributed by atoms with E-state index in [0.29, 0.717) is 5.82 Å². The Morgan fingerprint density at radius 3 is 1.50 bits per heavy atom. The summed E-state index contributed by atoms with van der Waals surface area (Å²) in [6, 6.07) is 74.4. The van der Waals surface area contributed by atoms with E-state index in [1.165, 1.54) is 54.3 Å². The quantitative estimate of drug-likeness (QED) is 0.176. The van der Waals surface area contributed by atoms with Gasteiger partial charge in [0.05, 0.1) is 16.8 Å². The summed E-state index contributed by atoms with van der Waals surface area (Å²) in [5.41, 5.74) is 17.3. The summed E-state index contributed by atoms with van der Waals surface area (Å²) < 4.78 is 0. The van der Waals surface area contributed by atoms with Gasteiger partial charge in [0, 0.05) is 26.5 Å². The molecule has 0 bridgehead atoms. The first-order chi connectivity index (χ1) is 27.8. The first-order valence-corrected chi connectivity index (χ1v) is 19.9. The second-order valence-electron chi connectivity index (χ2n) is 14.5. The number of nitrogens with zero attached hydrogens (tertiary/aromatic N) is 2. The molecule has 8 aromatic carbocycles. The molecule has 3 heteroatoms. The lowest BCUT2D eigenvalue weighted by atomic mass is 9.67. The molecule has 0 N–H and O–H groups in total. The van der Waals surface area contributed by atoms with Crippen molar-refractivity contribution < 1.29 is 0 Å². The highest BCUT2D eigenvalue weighted by atomic mass is 32.2. The minimum atomic E-state index is -0.395. The number of hydrogen-bond donors (Lipinski definition) is 0. The van der Waals surface area contributed by atoms with Gasteiger partial charge in [-0.1, -0.05) is 194 Å². The van der Waals surface area contributed by atoms with E-state index in [2.05, 4.69) is 182 Å². The molecule has 1 aliphatic carbocycles. The molecular formula is C53H34N2S. The van der Waals surface area contributed by atoms with E-state index >= 15 is 0 Å². The van der Waals surface area contributed by atoms with Crippen LogP contribution in [0.1, 0.15) is 22.3 Å². The number of hydrogen-bond acceptors (Lipinski definition) is 3. The standard InChI is InChI=1S/C53H34N2S/c1-3-15-37(16-4-1)48-34-49(55-52(54-48)38-17-5-2-6-18-38)43-22-8-7-19-40(43)36-29-27-35(28-30-36)39-31-32-51-47(33-39)53(46-25-13-14-26-50(46)56-51)44-23-11-9-20-41(44)42-21-10-12-24-45(42)53/h1-34H. The lowest BCUT2D eigenvalue weighted by Gasteiger charge is -2.40. The van der Waals surface area contributed by atoms with Crippen LogP contribution in [0.15, 0.2) is 216 Å². The second kappa shape index (κ2) is 13.2. The molecule has 2 aliphatic rings. The van der Waals surface area contributed by atoms with E-state index < -0.39 is 5.41 Å². The molecule has 1 aliphatic heterocycles. The maximum Gasteiger partial charge on any atom is 0.160 e. The molecular weight excluding hydrogens is 697 g/mol. The van der Waals surface area contributed by atoms with Crippen molar-refractivity contribution in [2.24, 2.45) is 0 Å². The Morgan fingerprint density at radius 1 is 0.304 bits per heavy atom. The van der Waals surface area contributed by atoms with Gasteiger partial charge in [0.2, 0.25) is 0 Å². The maximum atomic E-state index is 5.16. The number of rotatable bonds is 5. The SMILES string of the molecule is c1ccc(-c2cc(-c3ccccc3-c3ccc(-c4ccc5c(c4)C4(c6ccccc6S5)c5ccccc5-c5ccccc54)cc3)nc(-c3ccccc3)n2)cc1. The Hall–Kier alpha value is -6.81. The van der Waals surface area contributed by atoms with Crippen molar-refractivity contribution in [2.75, 3.05) is 0 Å². The minimum absolute atomic E-state index is 0.395. The molecule has 0 saturated carbocycles. The van der Waals surface area contributed by atoms with Gasteiger partial charge in [-0.3, -0.25) is 0 Å². The molecule has 2 heterocycles. The molecule has 0 amide bonds. The Kier molecular flexibility index (Phi) is 7.68. The third kappa shape index (κ3) is 5.12. The fourth-order valence-electron chi connectivity index (χ4n) is 8.89. The van der Waals surface area contributed by atoms with Crippen molar-refractivity contribution in [1.82, 2.24) is 9.97 Å². The van der Waals surface area contributed by atoms with Gasteiger partial charge in [-0.15, -0.1) is 0 Å². The zero-order chi connectivity index (χ0) is 37.1. The van der Waals surface area contributed by atoms with Crippen LogP contribution in [-0.2, 0) is 5.41 Å². The third-order valence-corrected chi connectivity index (χ3v) is 12.6. The Bertz CT molecular complexity index is 2830. The lowest BCUT2D eigenvalue weighted by molar-refractivity contribution is 0.723. The molecule has 1 spiro atoms. The highest BCUT2D eigenvalue weighted by Gasteiger charge is 2.50. The van der Waals surface area contributed by atoms with Gasteiger partial charge < -0.3 is 0 Å². The molecule has 2 nitrogen and oxygen atoms in total. The molecule has 0 unspecified atom stereocenters. The summed E-state index contributed by atoms with van der Waals surface area (Å²) in [4.78, 5) is 12.8. The second-order valence-corrected chi connectivity index (χ2v) is 15.6. The average molecular weight is 731 g/mol. The van der Waals surface area contributed by atoms with Gasteiger partial charge in [0.1, 0.15) is 0 Å². The highest BCUT2D eigenvalue weighted by molar-refractivity contribution is 7.99. The van der Waals surface area contributed by atoms with Crippen molar-refractivity contribution in [1.29, 1.82) is 0 Å². The van der Waals surface area contributed by atoms with Crippen LogP contribution in [-0.4, -0.2) is 9.97 Å². The van der Waals surface area contributed by atoms with Gasteiger partial charge in [-0.05, 0) is 79.9 Å². The van der Waals surface area contributed by atoms with Crippen LogP contribution < -0.4 is 0 Å². The Balaban J connectivity index is 1.02. The normalized spacial score (nSPS) is 13.1. The maximum absolute atomic E-state index is 5.16. The fourth-order valence-corrected chi connectivity index (χ4v) is 10.1. The van der Waals surface area contributed by atoms with E-state index in [0.717, 1.165) is 39.2 Å². The van der Waals surface area contributed by atoms with Gasteiger partial charge in [-0.2, -0.15) is 0 Å². The van der Waals surface area contributed by atoms with Crippen LogP contribution in [0.2, 0.25) is 0 Å². The van der Waals surface area contributed by atoms with Crippen LogP contribution >= 0.6 is 11.8 Å². The molecule has 11 rings (SSSR count). The van der Waals surface area contributed by atoms with E-state index in [1.54, 1.807) is 0 Å². The van der Waals surface area contributed by atoms with Crippen LogP contribution in [0, 0.1) is 0 Å². The third-order valence-electron chi connectivity index (χ3n) is 11.4. The smallest absolute Gasteiger partial charge is 0.160 e.